The molecule has 0 aliphatic carbocycles. The van der Waals surface area contributed by atoms with Crippen molar-refractivity contribution in [1.29, 1.82) is 0 Å². The smallest absolute Gasteiger partial charge is 0.307 e. The van der Waals surface area contributed by atoms with E-state index in [1.807, 2.05) is 6.92 Å². The van der Waals surface area contributed by atoms with Crippen molar-refractivity contribution in [2.75, 3.05) is 0 Å². The lowest BCUT2D eigenvalue weighted by atomic mass is 10.2. The Morgan fingerprint density at radius 2 is 2.27 bits per heavy atom. The molecule has 0 bridgehead atoms. The van der Waals surface area contributed by atoms with Gasteiger partial charge in [0.25, 0.3) is 0 Å². The molecule has 1 unspecified atom stereocenters. The third-order valence-corrected chi connectivity index (χ3v) is 2.29. The largest absolute Gasteiger partial charge is 0.319 e. The van der Waals surface area contributed by atoms with Crippen LogP contribution >= 0.6 is 0 Å². The standard InChI is InChI=1S/C10H17F2N3/c1-3-4-8(2)14-7-9-13-5-6-15(9)10(11)12/h5-6,8,10,14H,3-4,7H2,1-2H3. The third-order valence-electron chi connectivity index (χ3n) is 2.29. The lowest BCUT2D eigenvalue weighted by Crippen LogP contribution is -2.26. The molecular weight excluding hydrogens is 200 g/mol. The van der Waals surface area contributed by atoms with E-state index >= 15 is 0 Å². The van der Waals surface area contributed by atoms with Crippen molar-refractivity contribution < 1.29 is 8.78 Å². The molecule has 0 radical (unpaired) electrons. The van der Waals surface area contributed by atoms with E-state index in [4.69, 9.17) is 0 Å². The zero-order valence-electron chi connectivity index (χ0n) is 9.08. The monoisotopic (exact) mass is 217 g/mol. The number of hydrogen-bond donors (Lipinski definition) is 1. The molecular formula is C10H17F2N3. The predicted octanol–water partition coefficient (Wildman–Crippen LogP) is 2.56. The molecule has 86 valence electrons. The summed E-state index contributed by atoms with van der Waals surface area (Å²) in [6.45, 7) is 2.02. The van der Waals surface area contributed by atoms with Gasteiger partial charge in [-0.1, -0.05) is 13.3 Å². The zero-order chi connectivity index (χ0) is 11.3. The van der Waals surface area contributed by atoms with Gasteiger partial charge in [0.1, 0.15) is 5.82 Å². The van der Waals surface area contributed by atoms with Crippen molar-refractivity contribution >= 4 is 0 Å². The van der Waals surface area contributed by atoms with Crippen LogP contribution in [-0.2, 0) is 6.54 Å². The molecule has 0 aliphatic heterocycles. The summed E-state index contributed by atoms with van der Waals surface area (Å²) in [7, 11) is 0. The van der Waals surface area contributed by atoms with Gasteiger partial charge >= 0.3 is 6.55 Å². The molecule has 1 heterocycles. The number of nitrogens with zero attached hydrogens (tertiary/aromatic N) is 2. The fourth-order valence-electron chi connectivity index (χ4n) is 1.46. The Morgan fingerprint density at radius 3 is 2.87 bits per heavy atom. The molecule has 0 amide bonds. The maximum absolute atomic E-state index is 12.4. The van der Waals surface area contributed by atoms with Gasteiger partial charge in [-0.3, -0.25) is 4.57 Å². The number of nitrogens with one attached hydrogen (secondary N) is 1. The minimum absolute atomic E-state index is 0.331. The fraction of sp³-hybridized carbons (Fsp3) is 0.700. The Balaban J connectivity index is 2.46. The van der Waals surface area contributed by atoms with E-state index in [0.29, 0.717) is 18.4 Å². The molecule has 1 N–H and O–H groups in total. The van der Waals surface area contributed by atoms with E-state index in [1.165, 1.54) is 12.4 Å². The molecule has 0 saturated carbocycles. The molecule has 0 spiro atoms. The van der Waals surface area contributed by atoms with Crippen molar-refractivity contribution in [3.63, 3.8) is 0 Å². The minimum Gasteiger partial charge on any atom is -0.307 e. The molecule has 5 heteroatoms. The molecule has 3 nitrogen and oxygen atoms in total. The first-order valence-corrected chi connectivity index (χ1v) is 5.18. The van der Waals surface area contributed by atoms with E-state index in [2.05, 4.69) is 17.2 Å². The number of imidazole rings is 1. The van der Waals surface area contributed by atoms with E-state index in [9.17, 15) is 8.78 Å². The van der Waals surface area contributed by atoms with Crippen LogP contribution in [0.2, 0.25) is 0 Å². The third kappa shape index (κ3) is 3.58. The van der Waals surface area contributed by atoms with Crippen molar-refractivity contribution in [1.82, 2.24) is 14.9 Å². The molecule has 0 fully saturated rings. The van der Waals surface area contributed by atoms with Crippen LogP contribution in [0.25, 0.3) is 0 Å². The van der Waals surface area contributed by atoms with E-state index in [-0.39, 0.29) is 0 Å². The predicted molar refractivity (Wildman–Crippen MR) is 54.7 cm³/mol. The first-order chi connectivity index (χ1) is 7.15. The topological polar surface area (TPSA) is 29.9 Å². The Morgan fingerprint density at radius 1 is 1.53 bits per heavy atom. The van der Waals surface area contributed by atoms with Crippen LogP contribution in [0.3, 0.4) is 0 Å². The Bertz CT molecular complexity index is 286. The molecule has 0 saturated heterocycles. The van der Waals surface area contributed by atoms with Crippen LogP contribution in [0, 0.1) is 0 Å². The highest BCUT2D eigenvalue weighted by Gasteiger charge is 2.11. The molecule has 0 aliphatic rings. The van der Waals surface area contributed by atoms with Gasteiger partial charge in [-0.25, -0.2) is 4.98 Å². The highest BCUT2D eigenvalue weighted by atomic mass is 19.3. The second-order valence-corrected chi connectivity index (χ2v) is 3.60. The fourth-order valence-corrected chi connectivity index (χ4v) is 1.46. The summed E-state index contributed by atoms with van der Waals surface area (Å²) in [4.78, 5) is 3.89. The van der Waals surface area contributed by atoms with Gasteiger partial charge in [-0.2, -0.15) is 8.78 Å². The molecule has 1 aromatic rings. The second-order valence-electron chi connectivity index (χ2n) is 3.60. The zero-order valence-corrected chi connectivity index (χ0v) is 9.08. The van der Waals surface area contributed by atoms with Crippen LogP contribution in [0.4, 0.5) is 8.78 Å². The van der Waals surface area contributed by atoms with Crippen LogP contribution in [0.1, 0.15) is 39.1 Å². The number of hydrogen-bond acceptors (Lipinski definition) is 2. The number of alkyl halides is 2. The van der Waals surface area contributed by atoms with Gasteiger partial charge < -0.3 is 5.32 Å². The summed E-state index contributed by atoms with van der Waals surface area (Å²) in [5.74, 6) is 0.382. The number of rotatable bonds is 6. The summed E-state index contributed by atoms with van der Waals surface area (Å²) >= 11 is 0. The number of aromatic nitrogens is 2. The summed E-state index contributed by atoms with van der Waals surface area (Å²) in [5.41, 5.74) is 0. The highest BCUT2D eigenvalue weighted by molar-refractivity contribution is 4.92. The maximum Gasteiger partial charge on any atom is 0.319 e. The van der Waals surface area contributed by atoms with E-state index in [1.54, 1.807) is 0 Å². The van der Waals surface area contributed by atoms with Gasteiger partial charge in [0, 0.05) is 18.4 Å². The SMILES string of the molecule is CCCC(C)NCc1nccn1C(F)F. The molecule has 1 rings (SSSR count). The first-order valence-electron chi connectivity index (χ1n) is 5.18. The van der Waals surface area contributed by atoms with Gasteiger partial charge in [0.2, 0.25) is 0 Å². The van der Waals surface area contributed by atoms with Gasteiger partial charge in [0.15, 0.2) is 0 Å². The molecule has 1 atom stereocenters. The van der Waals surface area contributed by atoms with Crippen molar-refractivity contribution in [3.05, 3.63) is 18.2 Å². The van der Waals surface area contributed by atoms with Gasteiger partial charge in [0.05, 0.1) is 6.54 Å². The first kappa shape index (κ1) is 12.1. The van der Waals surface area contributed by atoms with Crippen molar-refractivity contribution in [2.45, 2.75) is 45.8 Å². The average Bonchev–Trinajstić information content (AvgIpc) is 2.63. The average molecular weight is 217 g/mol. The van der Waals surface area contributed by atoms with Crippen LogP contribution in [-0.4, -0.2) is 15.6 Å². The highest BCUT2D eigenvalue weighted by Crippen LogP contribution is 2.12. The Kier molecular flexibility index (Phi) is 4.68. The summed E-state index contributed by atoms with van der Waals surface area (Å²) in [6, 6.07) is 0.331. The van der Waals surface area contributed by atoms with Crippen LogP contribution in [0.15, 0.2) is 12.4 Å². The van der Waals surface area contributed by atoms with Crippen LogP contribution < -0.4 is 5.32 Å². The lowest BCUT2D eigenvalue weighted by molar-refractivity contribution is 0.0665. The second kappa shape index (κ2) is 5.80. The normalized spacial score (nSPS) is 13.4. The maximum atomic E-state index is 12.4. The molecule has 15 heavy (non-hydrogen) atoms. The summed E-state index contributed by atoms with van der Waals surface area (Å²) in [6.07, 6.45) is 4.81. The molecule has 0 aromatic carbocycles. The molecule has 1 aromatic heterocycles. The summed E-state index contributed by atoms with van der Waals surface area (Å²) in [5, 5.41) is 3.16. The minimum atomic E-state index is -2.51. The van der Waals surface area contributed by atoms with Crippen molar-refractivity contribution in [3.8, 4) is 0 Å². The Labute approximate surface area is 88.5 Å². The van der Waals surface area contributed by atoms with Crippen LogP contribution in [0.5, 0.6) is 0 Å². The van der Waals surface area contributed by atoms with E-state index in [0.717, 1.165) is 17.4 Å². The Hall–Kier alpha value is -0.970. The van der Waals surface area contributed by atoms with Crippen molar-refractivity contribution in [2.24, 2.45) is 0 Å². The van der Waals surface area contributed by atoms with Gasteiger partial charge in [-0.15, -0.1) is 0 Å². The van der Waals surface area contributed by atoms with Gasteiger partial charge in [-0.05, 0) is 13.3 Å². The number of halogens is 2. The lowest BCUT2D eigenvalue weighted by Gasteiger charge is -2.13. The quantitative estimate of drug-likeness (QED) is 0.793. The van der Waals surface area contributed by atoms with E-state index < -0.39 is 6.55 Å². The summed E-state index contributed by atoms with van der Waals surface area (Å²) < 4.78 is 25.7.